The van der Waals surface area contributed by atoms with Crippen LogP contribution in [-0.2, 0) is 0 Å². The maximum absolute atomic E-state index is 10.9. The minimum atomic E-state index is -0.480. The van der Waals surface area contributed by atoms with Gasteiger partial charge in [0.15, 0.2) is 0 Å². The molecule has 110 valence electrons. The van der Waals surface area contributed by atoms with Crippen molar-refractivity contribution in [1.29, 1.82) is 0 Å². The maximum atomic E-state index is 10.9. The van der Waals surface area contributed by atoms with E-state index in [1.807, 2.05) is 6.92 Å². The molecule has 21 heavy (non-hydrogen) atoms. The summed E-state index contributed by atoms with van der Waals surface area (Å²) in [6.45, 7) is 4.07. The molecule has 1 N–H and O–H groups in total. The molecule has 0 saturated heterocycles. The van der Waals surface area contributed by atoms with E-state index in [2.05, 4.69) is 20.3 Å². The van der Waals surface area contributed by atoms with Gasteiger partial charge in [-0.25, -0.2) is 0 Å². The molecule has 0 saturated carbocycles. The third-order valence-electron chi connectivity index (χ3n) is 2.58. The lowest BCUT2D eigenvalue weighted by Crippen LogP contribution is -2.05. The molecular formula is C12H12ClN5O3. The zero-order chi connectivity index (χ0) is 15.4. The third kappa shape index (κ3) is 3.54. The van der Waals surface area contributed by atoms with E-state index in [-0.39, 0.29) is 28.7 Å². The number of rotatable bonds is 5. The van der Waals surface area contributed by atoms with Crippen LogP contribution >= 0.6 is 11.6 Å². The van der Waals surface area contributed by atoms with Crippen LogP contribution in [0.5, 0.6) is 11.8 Å². The summed E-state index contributed by atoms with van der Waals surface area (Å²) >= 11 is 5.78. The van der Waals surface area contributed by atoms with Crippen molar-refractivity contribution < 1.29 is 9.66 Å². The Hall–Kier alpha value is -2.48. The molecule has 0 bridgehead atoms. The maximum Gasteiger partial charge on any atom is 0.328 e. The van der Waals surface area contributed by atoms with Gasteiger partial charge in [-0.3, -0.25) is 10.1 Å². The van der Waals surface area contributed by atoms with E-state index in [9.17, 15) is 10.1 Å². The van der Waals surface area contributed by atoms with Crippen molar-refractivity contribution in [2.24, 2.45) is 0 Å². The Labute approximate surface area is 125 Å². The van der Waals surface area contributed by atoms with Crippen LogP contribution in [0.1, 0.15) is 12.5 Å². The predicted molar refractivity (Wildman–Crippen MR) is 76.9 cm³/mol. The normalized spacial score (nSPS) is 10.2. The van der Waals surface area contributed by atoms with E-state index in [1.54, 1.807) is 13.0 Å². The number of halogens is 1. The first-order valence-electron chi connectivity index (χ1n) is 6.08. The van der Waals surface area contributed by atoms with Gasteiger partial charge in [0.25, 0.3) is 5.69 Å². The van der Waals surface area contributed by atoms with E-state index < -0.39 is 4.92 Å². The lowest BCUT2D eigenvalue weighted by molar-refractivity contribution is -0.385. The molecule has 9 heteroatoms. The van der Waals surface area contributed by atoms with Crippen LogP contribution in [0.4, 0.5) is 11.6 Å². The summed E-state index contributed by atoms with van der Waals surface area (Å²) in [4.78, 5) is 22.2. The van der Waals surface area contributed by atoms with Gasteiger partial charge in [0.05, 0.1) is 10.5 Å². The second-order valence-corrected chi connectivity index (χ2v) is 4.34. The first kappa shape index (κ1) is 14.9. The molecule has 0 fully saturated rings. The van der Waals surface area contributed by atoms with Crippen LogP contribution in [0.3, 0.4) is 0 Å². The largest absolute Gasteiger partial charge is 0.424 e. The quantitative estimate of drug-likeness (QED) is 0.668. The highest BCUT2D eigenvalue weighted by molar-refractivity contribution is 6.28. The molecular weight excluding hydrogens is 298 g/mol. The van der Waals surface area contributed by atoms with Crippen molar-refractivity contribution in [2.45, 2.75) is 13.8 Å². The van der Waals surface area contributed by atoms with Gasteiger partial charge in [-0.05, 0) is 31.5 Å². The Kier molecular flexibility index (Phi) is 4.49. The van der Waals surface area contributed by atoms with E-state index in [1.165, 1.54) is 12.1 Å². The molecule has 0 aliphatic rings. The van der Waals surface area contributed by atoms with Crippen molar-refractivity contribution in [3.05, 3.63) is 39.2 Å². The number of nitro benzene ring substituents is 1. The summed E-state index contributed by atoms with van der Waals surface area (Å²) in [5.41, 5.74) is 0.337. The molecule has 0 unspecified atom stereocenters. The highest BCUT2D eigenvalue weighted by Crippen LogP contribution is 2.30. The summed E-state index contributed by atoms with van der Waals surface area (Å²) in [5.74, 6) is 0.560. The molecule has 0 spiro atoms. The fourth-order valence-electron chi connectivity index (χ4n) is 1.62. The molecule has 1 aromatic heterocycles. The highest BCUT2D eigenvalue weighted by Gasteiger charge is 2.16. The number of hydrogen-bond acceptors (Lipinski definition) is 7. The number of aromatic nitrogens is 3. The Morgan fingerprint density at radius 3 is 2.81 bits per heavy atom. The fraction of sp³-hybridized carbons (Fsp3) is 0.250. The van der Waals surface area contributed by atoms with Crippen molar-refractivity contribution in [1.82, 2.24) is 15.0 Å². The summed E-state index contributed by atoms with van der Waals surface area (Å²) in [6.07, 6.45) is 0. The Balaban J connectivity index is 2.34. The lowest BCUT2D eigenvalue weighted by atomic mass is 10.2. The van der Waals surface area contributed by atoms with Crippen LogP contribution in [0, 0.1) is 17.0 Å². The molecule has 1 aromatic carbocycles. The zero-order valence-electron chi connectivity index (χ0n) is 11.3. The first-order valence-corrected chi connectivity index (χ1v) is 6.46. The predicted octanol–water partition coefficient (Wildman–Crippen LogP) is 2.97. The van der Waals surface area contributed by atoms with Gasteiger partial charge in [-0.1, -0.05) is 6.07 Å². The lowest BCUT2D eigenvalue weighted by Gasteiger charge is -2.08. The van der Waals surface area contributed by atoms with E-state index in [0.29, 0.717) is 12.1 Å². The molecule has 2 rings (SSSR count). The van der Waals surface area contributed by atoms with Gasteiger partial charge in [0.1, 0.15) is 5.75 Å². The van der Waals surface area contributed by atoms with Crippen molar-refractivity contribution in [2.75, 3.05) is 11.9 Å². The molecule has 0 atom stereocenters. The van der Waals surface area contributed by atoms with Gasteiger partial charge in [0, 0.05) is 12.6 Å². The molecule has 0 aliphatic heterocycles. The molecule has 1 heterocycles. The highest BCUT2D eigenvalue weighted by atomic mass is 35.5. The van der Waals surface area contributed by atoms with Crippen molar-refractivity contribution >= 4 is 23.2 Å². The van der Waals surface area contributed by atoms with Gasteiger partial charge >= 0.3 is 6.01 Å². The van der Waals surface area contributed by atoms with Gasteiger partial charge < -0.3 is 10.1 Å². The SMILES string of the molecule is CCNc1nc(Cl)nc(Oc2cccc([N+](=O)[O-])c2C)n1. The molecule has 2 aromatic rings. The molecule has 8 nitrogen and oxygen atoms in total. The van der Waals surface area contributed by atoms with Crippen molar-refractivity contribution in [3.8, 4) is 11.8 Å². The number of benzene rings is 1. The van der Waals surface area contributed by atoms with Gasteiger partial charge in [-0.2, -0.15) is 15.0 Å². The number of nitro groups is 1. The van der Waals surface area contributed by atoms with Crippen LogP contribution in [-0.4, -0.2) is 26.4 Å². The van der Waals surface area contributed by atoms with E-state index >= 15 is 0 Å². The smallest absolute Gasteiger partial charge is 0.328 e. The molecule has 0 aliphatic carbocycles. The van der Waals surface area contributed by atoms with Crippen LogP contribution in [0.2, 0.25) is 5.28 Å². The summed E-state index contributed by atoms with van der Waals surface area (Å²) in [5, 5.41) is 13.8. The standard InChI is InChI=1S/C12H12ClN5O3/c1-3-14-11-15-10(13)16-12(17-11)21-9-6-4-5-8(7(9)2)18(19)20/h4-6H,3H2,1-2H3,(H,14,15,16,17). The first-order chi connectivity index (χ1) is 10.0. The number of nitrogens with zero attached hydrogens (tertiary/aromatic N) is 4. The Morgan fingerprint density at radius 2 is 2.14 bits per heavy atom. The number of nitrogens with one attached hydrogen (secondary N) is 1. The fourth-order valence-corrected chi connectivity index (χ4v) is 1.78. The number of ether oxygens (including phenoxy) is 1. The summed E-state index contributed by atoms with van der Waals surface area (Å²) in [7, 11) is 0. The van der Waals surface area contributed by atoms with Crippen molar-refractivity contribution in [3.63, 3.8) is 0 Å². The minimum Gasteiger partial charge on any atom is -0.424 e. The topological polar surface area (TPSA) is 103 Å². The van der Waals surface area contributed by atoms with E-state index in [0.717, 1.165) is 0 Å². The zero-order valence-corrected chi connectivity index (χ0v) is 12.1. The van der Waals surface area contributed by atoms with Gasteiger partial charge in [0.2, 0.25) is 11.2 Å². The van der Waals surface area contributed by atoms with Crippen LogP contribution in [0.25, 0.3) is 0 Å². The van der Waals surface area contributed by atoms with Crippen LogP contribution < -0.4 is 10.1 Å². The molecule has 0 amide bonds. The minimum absolute atomic E-state index is 0.0287. The monoisotopic (exact) mass is 309 g/mol. The van der Waals surface area contributed by atoms with Gasteiger partial charge in [-0.15, -0.1) is 0 Å². The Bertz CT molecular complexity index is 680. The Morgan fingerprint density at radius 1 is 1.38 bits per heavy atom. The summed E-state index contributed by atoms with van der Waals surface area (Å²) in [6, 6.07) is 4.48. The van der Waals surface area contributed by atoms with E-state index in [4.69, 9.17) is 16.3 Å². The van der Waals surface area contributed by atoms with Crippen LogP contribution in [0.15, 0.2) is 18.2 Å². The third-order valence-corrected chi connectivity index (χ3v) is 2.74. The molecule has 0 radical (unpaired) electrons. The second kappa shape index (κ2) is 6.31. The average molecular weight is 310 g/mol. The number of anilines is 1. The number of hydrogen-bond donors (Lipinski definition) is 1. The second-order valence-electron chi connectivity index (χ2n) is 4.00. The summed E-state index contributed by atoms with van der Waals surface area (Å²) < 4.78 is 5.48. The average Bonchev–Trinajstić information content (AvgIpc) is 2.40.